The number of amides is 2. The Morgan fingerprint density at radius 2 is 2.03 bits per heavy atom. The fourth-order valence-corrected chi connectivity index (χ4v) is 5.72. The van der Waals surface area contributed by atoms with Gasteiger partial charge < -0.3 is 19.9 Å². The molecule has 2 saturated heterocycles. The zero-order chi connectivity index (χ0) is 25.7. The number of carbonyl (C=O) groups excluding carboxylic acids is 2. The number of halogens is 1. The largest absolute Gasteiger partial charge is 0.372 e. The molecule has 1 atom stereocenters. The summed E-state index contributed by atoms with van der Waals surface area (Å²) in [4.78, 5) is 38.3. The summed E-state index contributed by atoms with van der Waals surface area (Å²) in [7, 11) is 0. The lowest BCUT2D eigenvalue weighted by Gasteiger charge is -2.44. The molecule has 1 aromatic carbocycles. The summed E-state index contributed by atoms with van der Waals surface area (Å²) < 4.78 is 6.02. The molecule has 36 heavy (non-hydrogen) atoms. The molecule has 192 valence electrons. The summed E-state index contributed by atoms with van der Waals surface area (Å²) >= 11 is 6.43. The maximum atomic E-state index is 13.6. The Labute approximate surface area is 216 Å². The lowest BCUT2D eigenvalue weighted by Crippen LogP contribution is -2.60. The van der Waals surface area contributed by atoms with Crippen molar-refractivity contribution in [2.75, 3.05) is 38.1 Å². The zero-order valence-corrected chi connectivity index (χ0v) is 22.1. The van der Waals surface area contributed by atoms with Gasteiger partial charge in [0.25, 0.3) is 0 Å². The summed E-state index contributed by atoms with van der Waals surface area (Å²) in [6.07, 6.45) is 5.60. The summed E-state index contributed by atoms with van der Waals surface area (Å²) in [5, 5.41) is 5.48. The standard InChI is InChI=1S/C27H34ClN5O3/c1-26(2)7-5-9-32(15-26)23(34)13-33-16-27(3,4)36-14-22(33)25(35)31-20-11-17(28)10-19-18-6-8-29-12-21(18)30-24(19)20/h6,8,10-12,22,30H,5,7,9,13-16H2,1-4H3,(H,31,35)/t22-/m0/s1. The average Bonchev–Trinajstić information content (AvgIpc) is 3.16. The van der Waals surface area contributed by atoms with Gasteiger partial charge in [0.2, 0.25) is 11.8 Å². The van der Waals surface area contributed by atoms with Crippen LogP contribution in [-0.2, 0) is 14.3 Å². The molecule has 0 radical (unpaired) electrons. The molecule has 2 aliphatic heterocycles. The third-order valence-electron chi connectivity index (χ3n) is 7.28. The predicted molar refractivity (Wildman–Crippen MR) is 142 cm³/mol. The number of carbonyl (C=O) groups is 2. The minimum Gasteiger partial charge on any atom is -0.372 e. The fourth-order valence-electron chi connectivity index (χ4n) is 5.50. The second kappa shape index (κ2) is 9.32. The highest BCUT2D eigenvalue weighted by Gasteiger charge is 2.40. The molecule has 8 nitrogen and oxygen atoms in total. The van der Waals surface area contributed by atoms with E-state index < -0.39 is 11.6 Å². The minimum atomic E-state index is -0.597. The Morgan fingerprint density at radius 1 is 1.22 bits per heavy atom. The van der Waals surface area contributed by atoms with E-state index in [4.69, 9.17) is 16.3 Å². The maximum absolute atomic E-state index is 13.6. The third kappa shape index (κ3) is 5.08. The van der Waals surface area contributed by atoms with Crippen molar-refractivity contribution >= 4 is 50.9 Å². The van der Waals surface area contributed by atoms with Crippen molar-refractivity contribution in [1.82, 2.24) is 19.8 Å². The molecule has 2 fully saturated rings. The first kappa shape index (κ1) is 25.0. The van der Waals surface area contributed by atoms with Crippen molar-refractivity contribution in [3.63, 3.8) is 0 Å². The van der Waals surface area contributed by atoms with Crippen molar-refractivity contribution in [2.45, 2.75) is 52.2 Å². The van der Waals surface area contributed by atoms with E-state index in [9.17, 15) is 9.59 Å². The van der Waals surface area contributed by atoms with E-state index in [1.54, 1.807) is 18.5 Å². The quantitative estimate of drug-likeness (QED) is 0.540. The predicted octanol–water partition coefficient (Wildman–Crippen LogP) is 4.44. The van der Waals surface area contributed by atoms with E-state index in [0.29, 0.717) is 17.3 Å². The third-order valence-corrected chi connectivity index (χ3v) is 7.50. The number of aromatic nitrogens is 2. The molecule has 0 saturated carbocycles. The monoisotopic (exact) mass is 511 g/mol. The Balaban J connectivity index is 1.39. The van der Waals surface area contributed by atoms with Gasteiger partial charge in [-0.25, -0.2) is 0 Å². The molecule has 4 heterocycles. The number of anilines is 1. The number of H-pyrrole nitrogens is 1. The normalized spacial score (nSPS) is 22.1. The van der Waals surface area contributed by atoms with Gasteiger partial charge in [0, 0.05) is 41.6 Å². The van der Waals surface area contributed by atoms with Crippen LogP contribution in [0.4, 0.5) is 5.69 Å². The number of pyridine rings is 1. The van der Waals surface area contributed by atoms with E-state index in [1.165, 1.54) is 0 Å². The molecular weight excluding hydrogens is 478 g/mol. The van der Waals surface area contributed by atoms with Gasteiger partial charge in [-0.3, -0.25) is 19.5 Å². The maximum Gasteiger partial charge on any atom is 0.244 e. The zero-order valence-electron chi connectivity index (χ0n) is 21.4. The second-order valence-corrected chi connectivity index (χ2v) is 11.9. The van der Waals surface area contributed by atoms with Crippen LogP contribution in [-0.4, -0.2) is 76.0 Å². The smallest absolute Gasteiger partial charge is 0.244 e. The molecule has 0 spiro atoms. The number of ether oxygens (including phenoxy) is 1. The molecule has 5 rings (SSSR count). The Kier molecular flexibility index (Phi) is 6.47. The van der Waals surface area contributed by atoms with Crippen LogP contribution in [0.1, 0.15) is 40.5 Å². The van der Waals surface area contributed by atoms with E-state index in [-0.39, 0.29) is 30.4 Å². The van der Waals surface area contributed by atoms with Crippen LogP contribution in [0.25, 0.3) is 21.8 Å². The second-order valence-electron chi connectivity index (χ2n) is 11.5. The van der Waals surface area contributed by atoms with Crippen molar-refractivity contribution in [3.8, 4) is 0 Å². The fraction of sp³-hybridized carbons (Fsp3) is 0.519. The number of aromatic amines is 1. The van der Waals surface area contributed by atoms with E-state index in [2.05, 4.69) is 29.1 Å². The number of nitrogens with one attached hydrogen (secondary N) is 2. The van der Waals surface area contributed by atoms with Crippen LogP contribution in [0.5, 0.6) is 0 Å². The number of likely N-dealkylation sites (tertiary alicyclic amines) is 1. The first-order valence-electron chi connectivity index (χ1n) is 12.5. The van der Waals surface area contributed by atoms with Gasteiger partial charge in [-0.2, -0.15) is 0 Å². The van der Waals surface area contributed by atoms with Crippen LogP contribution in [0.15, 0.2) is 30.6 Å². The van der Waals surface area contributed by atoms with Gasteiger partial charge in [-0.1, -0.05) is 25.4 Å². The summed E-state index contributed by atoms with van der Waals surface area (Å²) in [6.45, 7) is 10.8. The molecule has 2 aliphatic rings. The molecule has 0 unspecified atom stereocenters. The molecule has 3 aromatic rings. The van der Waals surface area contributed by atoms with Crippen LogP contribution in [0, 0.1) is 5.41 Å². The molecule has 0 aliphatic carbocycles. The van der Waals surface area contributed by atoms with E-state index in [1.807, 2.05) is 35.8 Å². The number of benzene rings is 1. The highest BCUT2D eigenvalue weighted by Crippen LogP contribution is 2.34. The van der Waals surface area contributed by atoms with Crippen molar-refractivity contribution in [1.29, 1.82) is 0 Å². The number of hydrogen-bond donors (Lipinski definition) is 2. The van der Waals surface area contributed by atoms with Gasteiger partial charge in [0.05, 0.1) is 41.7 Å². The van der Waals surface area contributed by atoms with Crippen molar-refractivity contribution in [2.24, 2.45) is 5.41 Å². The minimum absolute atomic E-state index is 0.0616. The highest BCUT2D eigenvalue weighted by atomic mass is 35.5. The molecule has 9 heteroatoms. The van der Waals surface area contributed by atoms with E-state index >= 15 is 0 Å². The highest BCUT2D eigenvalue weighted by molar-refractivity contribution is 6.33. The Bertz CT molecular complexity index is 1320. The molecule has 2 amide bonds. The summed E-state index contributed by atoms with van der Waals surface area (Å²) in [6, 6.07) is 4.94. The number of rotatable bonds is 4. The number of hydrogen-bond acceptors (Lipinski definition) is 5. The van der Waals surface area contributed by atoms with Crippen molar-refractivity contribution < 1.29 is 14.3 Å². The lowest BCUT2D eigenvalue weighted by atomic mass is 9.84. The number of fused-ring (bicyclic) bond motifs is 3. The lowest BCUT2D eigenvalue weighted by molar-refractivity contribution is -0.151. The topological polar surface area (TPSA) is 90.6 Å². The van der Waals surface area contributed by atoms with Gasteiger partial charge in [-0.15, -0.1) is 0 Å². The van der Waals surface area contributed by atoms with Crippen LogP contribution in [0.3, 0.4) is 0 Å². The average molecular weight is 512 g/mol. The number of nitrogens with zero attached hydrogens (tertiary/aromatic N) is 3. The van der Waals surface area contributed by atoms with E-state index in [0.717, 1.165) is 47.7 Å². The Morgan fingerprint density at radius 3 is 2.81 bits per heavy atom. The molecule has 0 bridgehead atoms. The molecule has 2 aromatic heterocycles. The number of piperidine rings is 1. The van der Waals surface area contributed by atoms with Gasteiger partial charge in [-0.05, 0) is 50.3 Å². The van der Waals surface area contributed by atoms with Crippen LogP contribution in [0.2, 0.25) is 5.02 Å². The van der Waals surface area contributed by atoms with Gasteiger partial charge in [0.15, 0.2) is 0 Å². The molecule has 2 N–H and O–H groups in total. The molecular formula is C27H34ClN5O3. The van der Waals surface area contributed by atoms with Crippen LogP contribution < -0.4 is 5.32 Å². The van der Waals surface area contributed by atoms with Crippen LogP contribution >= 0.6 is 11.6 Å². The summed E-state index contributed by atoms with van der Waals surface area (Å²) in [5.41, 5.74) is 1.90. The van der Waals surface area contributed by atoms with Crippen molar-refractivity contribution in [3.05, 3.63) is 35.6 Å². The summed E-state index contributed by atoms with van der Waals surface area (Å²) in [5.74, 6) is -0.163. The number of morpholine rings is 1. The first-order valence-corrected chi connectivity index (χ1v) is 12.9. The Hall–Kier alpha value is -2.68. The first-order chi connectivity index (χ1) is 17.0. The van der Waals surface area contributed by atoms with Gasteiger partial charge >= 0.3 is 0 Å². The SMILES string of the molecule is CC1(C)CCCN(C(=O)CN2CC(C)(C)OC[C@H]2C(=O)Nc2cc(Cl)cc3c2[nH]c2cnccc23)C1. The van der Waals surface area contributed by atoms with Gasteiger partial charge in [0.1, 0.15) is 6.04 Å².